The van der Waals surface area contributed by atoms with Crippen molar-refractivity contribution in [1.29, 1.82) is 5.26 Å². The Morgan fingerprint density at radius 3 is 2.96 bits per heavy atom. The predicted molar refractivity (Wildman–Crippen MR) is 95.1 cm³/mol. The van der Waals surface area contributed by atoms with Crippen LogP contribution < -0.4 is 0 Å². The SMILES string of the molecule is C=CCOC(=O)/C(C#N)=C1\SC(CCc2ccccn2)C(=O)N1CC. The zero-order chi connectivity index (χ0) is 18.2. The molecule has 0 aliphatic carbocycles. The van der Waals surface area contributed by atoms with E-state index in [9.17, 15) is 14.9 Å². The zero-order valence-electron chi connectivity index (χ0n) is 14.0. The van der Waals surface area contributed by atoms with E-state index < -0.39 is 5.97 Å². The number of pyridine rings is 1. The molecule has 25 heavy (non-hydrogen) atoms. The molecule has 1 amide bonds. The first-order valence-electron chi connectivity index (χ1n) is 7.92. The van der Waals surface area contributed by atoms with Crippen molar-refractivity contribution in [1.82, 2.24) is 9.88 Å². The summed E-state index contributed by atoms with van der Waals surface area (Å²) >= 11 is 1.24. The average Bonchev–Trinajstić information content (AvgIpc) is 2.95. The molecule has 1 fully saturated rings. The van der Waals surface area contributed by atoms with Crippen molar-refractivity contribution < 1.29 is 14.3 Å². The third-order valence-electron chi connectivity index (χ3n) is 3.61. The van der Waals surface area contributed by atoms with Crippen molar-refractivity contribution in [2.24, 2.45) is 0 Å². The lowest BCUT2D eigenvalue weighted by atomic mass is 10.1. The molecule has 1 atom stereocenters. The first-order chi connectivity index (χ1) is 12.1. The van der Waals surface area contributed by atoms with Gasteiger partial charge in [-0.15, -0.1) is 0 Å². The molecule has 1 aliphatic rings. The lowest BCUT2D eigenvalue weighted by Gasteiger charge is -2.15. The second-order valence-corrected chi connectivity index (χ2v) is 6.42. The van der Waals surface area contributed by atoms with Crippen LogP contribution in [0.5, 0.6) is 0 Å². The van der Waals surface area contributed by atoms with Gasteiger partial charge in [0.2, 0.25) is 5.91 Å². The number of rotatable bonds is 7. The van der Waals surface area contributed by atoms with E-state index in [4.69, 9.17) is 4.74 Å². The molecule has 6 nitrogen and oxygen atoms in total. The number of amides is 1. The molecule has 7 heteroatoms. The molecule has 1 aromatic rings. The van der Waals surface area contributed by atoms with E-state index in [0.717, 1.165) is 5.69 Å². The summed E-state index contributed by atoms with van der Waals surface area (Å²) in [5.74, 6) is -0.829. The summed E-state index contributed by atoms with van der Waals surface area (Å²) in [5.41, 5.74) is 0.768. The van der Waals surface area contributed by atoms with E-state index in [1.165, 1.54) is 22.7 Å². The first kappa shape index (κ1) is 18.7. The van der Waals surface area contributed by atoms with E-state index in [1.807, 2.05) is 31.2 Å². The van der Waals surface area contributed by atoms with Gasteiger partial charge in [0.05, 0.1) is 5.25 Å². The van der Waals surface area contributed by atoms with Crippen molar-refractivity contribution in [3.8, 4) is 6.07 Å². The van der Waals surface area contributed by atoms with Crippen molar-refractivity contribution in [2.75, 3.05) is 13.2 Å². The second kappa shape index (κ2) is 9.04. The number of aromatic nitrogens is 1. The monoisotopic (exact) mass is 357 g/mol. The van der Waals surface area contributed by atoms with Crippen molar-refractivity contribution >= 4 is 23.6 Å². The highest BCUT2D eigenvalue weighted by Crippen LogP contribution is 2.39. The Bertz CT molecular complexity index is 725. The summed E-state index contributed by atoms with van der Waals surface area (Å²) in [6.07, 6.45) is 4.38. The maximum atomic E-state index is 12.6. The summed E-state index contributed by atoms with van der Waals surface area (Å²) in [4.78, 5) is 30.4. The van der Waals surface area contributed by atoms with Gasteiger partial charge < -0.3 is 9.64 Å². The molecule has 1 unspecified atom stereocenters. The maximum absolute atomic E-state index is 12.6. The molecule has 0 saturated carbocycles. The highest BCUT2D eigenvalue weighted by Gasteiger charge is 2.39. The molecule has 0 aromatic carbocycles. The number of ether oxygens (including phenoxy) is 1. The minimum Gasteiger partial charge on any atom is -0.457 e. The van der Waals surface area contributed by atoms with Gasteiger partial charge in [0, 0.05) is 18.4 Å². The fraction of sp³-hybridized carbons (Fsp3) is 0.333. The van der Waals surface area contributed by atoms with Crippen LogP contribution in [0, 0.1) is 11.3 Å². The number of nitrogens with zero attached hydrogens (tertiary/aromatic N) is 3. The Morgan fingerprint density at radius 1 is 1.56 bits per heavy atom. The number of thioether (sulfide) groups is 1. The van der Waals surface area contributed by atoms with Crippen LogP contribution in [0.2, 0.25) is 0 Å². The Morgan fingerprint density at radius 2 is 2.36 bits per heavy atom. The molecule has 2 rings (SSSR count). The van der Waals surface area contributed by atoms with Gasteiger partial charge in [-0.2, -0.15) is 5.26 Å². The van der Waals surface area contributed by atoms with Crippen LogP contribution >= 0.6 is 11.8 Å². The molecule has 0 bridgehead atoms. The second-order valence-electron chi connectivity index (χ2n) is 5.23. The topological polar surface area (TPSA) is 83.3 Å². The lowest BCUT2D eigenvalue weighted by Crippen LogP contribution is -2.29. The summed E-state index contributed by atoms with van der Waals surface area (Å²) in [6.45, 7) is 5.69. The number of hydrogen-bond donors (Lipinski definition) is 0. The standard InChI is InChI=1S/C18H19N3O3S/c1-3-11-24-18(23)14(12-19)17-21(4-2)16(22)15(25-17)9-8-13-7-5-6-10-20-13/h3,5-7,10,15H,1,4,8-9,11H2,2H3/b17-14-. The van der Waals surface area contributed by atoms with E-state index >= 15 is 0 Å². The van der Waals surface area contributed by atoms with Gasteiger partial charge in [-0.25, -0.2) is 4.79 Å². The molecule has 1 aliphatic heterocycles. The fourth-order valence-electron chi connectivity index (χ4n) is 2.41. The van der Waals surface area contributed by atoms with Gasteiger partial charge in [-0.05, 0) is 31.9 Å². The van der Waals surface area contributed by atoms with Crippen LogP contribution in [0.1, 0.15) is 19.0 Å². The number of aryl methyl sites for hydroxylation is 1. The van der Waals surface area contributed by atoms with Gasteiger partial charge in [0.15, 0.2) is 5.57 Å². The molecule has 1 saturated heterocycles. The zero-order valence-corrected chi connectivity index (χ0v) is 14.8. The van der Waals surface area contributed by atoms with Gasteiger partial charge >= 0.3 is 5.97 Å². The molecule has 130 valence electrons. The first-order valence-corrected chi connectivity index (χ1v) is 8.80. The number of carbonyl (C=O) groups excluding carboxylic acids is 2. The highest BCUT2D eigenvalue weighted by molar-refractivity contribution is 8.04. The molecule has 0 spiro atoms. The molecular formula is C18H19N3O3S. The van der Waals surface area contributed by atoms with Gasteiger partial charge in [0.25, 0.3) is 0 Å². The van der Waals surface area contributed by atoms with Crippen LogP contribution in [0.25, 0.3) is 0 Å². The van der Waals surface area contributed by atoms with Crippen molar-refractivity contribution in [2.45, 2.75) is 25.0 Å². The molecule has 2 heterocycles. The van der Waals surface area contributed by atoms with Crippen LogP contribution in [0.3, 0.4) is 0 Å². The quantitative estimate of drug-likeness (QED) is 0.323. The summed E-state index contributed by atoms with van der Waals surface area (Å²) < 4.78 is 4.95. The number of hydrogen-bond acceptors (Lipinski definition) is 6. The number of nitriles is 1. The predicted octanol–water partition coefficient (Wildman–Crippen LogP) is 2.44. The Labute approximate surface area is 151 Å². The van der Waals surface area contributed by atoms with Crippen molar-refractivity contribution in [3.63, 3.8) is 0 Å². The highest BCUT2D eigenvalue weighted by atomic mass is 32.2. The van der Waals surface area contributed by atoms with E-state index in [2.05, 4.69) is 11.6 Å². The van der Waals surface area contributed by atoms with Gasteiger partial charge in [-0.1, -0.05) is 30.5 Å². The third kappa shape index (κ3) is 4.48. The van der Waals surface area contributed by atoms with Crippen LogP contribution in [0.15, 0.2) is 47.7 Å². The van der Waals surface area contributed by atoms with Crippen LogP contribution in [-0.4, -0.2) is 40.2 Å². The molecule has 0 N–H and O–H groups in total. The third-order valence-corrected chi connectivity index (χ3v) is 4.98. The summed E-state index contributed by atoms with van der Waals surface area (Å²) in [7, 11) is 0. The minimum absolute atomic E-state index is 0.0190. The maximum Gasteiger partial charge on any atom is 0.351 e. The average molecular weight is 357 g/mol. The van der Waals surface area contributed by atoms with Crippen LogP contribution in [0.4, 0.5) is 0 Å². The van der Waals surface area contributed by atoms with Gasteiger partial charge in [0.1, 0.15) is 17.7 Å². The fourth-order valence-corrected chi connectivity index (χ4v) is 3.74. The molecular weight excluding hydrogens is 338 g/mol. The Kier molecular flexibility index (Phi) is 6.78. The Balaban J connectivity index is 2.17. The van der Waals surface area contributed by atoms with E-state index in [1.54, 1.807) is 6.20 Å². The number of carbonyl (C=O) groups is 2. The normalized spacial score (nSPS) is 18.6. The summed E-state index contributed by atoms with van der Waals surface area (Å²) in [6, 6.07) is 7.53. The van der Waals surface area contributed by atoms with Crippen LogP contribution in [-0.2, 0) is 20.7 Å². The molecule has 0 radical (unpaired) electrons. The van der Waals surface area contributed by atoms with E-state index in [-0.39, 0.29) is 23.3 Å². The Hall–Kier alpha value is -2.59. The minimum atomic E-state index is -0.735. The number of esters is 1. The lowest BCUT2D eigenvalue weighted by molar-refractivity contribution is -0.137. The summed E-state index contributed by atoms with van der Waals surface area (Å²) in [5, 5.41) is 9.38. The van der Waals surface area contributed by atoms with E-state index in [0.29, 0.717) is 24.4 Å². The smallest absolute Gasteiger partial charge is 0.351 e. The van der Waals surface area contributed by atoms with Crippen molar-refractivity contribution in [3.05, 3.63) is 53.3 Å². The largest absolute Gasteiger partial charge is 0.457 e. The molecule has 1 aromatic heterocycles. The van der Waals surface area contributed by atoms with Gasteiger partial charge in [-0.3, -0.25) is 9.78 Å².